The molecule has 4 nitrogen and oxygen atoms in total. The molecule has 1 atom stereocenters. The van der Waals surface area contributed by atoms with E-state index in [2.05, 4.69) is 10.3 Å². The average Bonchev–Trinajstić information content (AvgIpc) is 2.44. The van der Waals surface area contributed by atoms with Crippen LogP contribution in [-0.2, 0) is 0 Å². The van der Waals surface area contributed by atoms with Crippen LogP contribution in [-0.4, -0.2) is 22.8 Å². The third kappa shape index (κ3) is 1.62. The molecule has 0 fully saturated rings. The number of rotatable bonds is 1. The normalized spacial score (nSPS) is 18.2. The van der Waals surface area contributed by atoms with Crippen molar-refractivity contribution < 1.29 is 4.79 Å². The molecule has 1 unspecified atom stereocenters. The van der Waals surface area contributed by atoms with Gasteiger partial charge in [-0.2, -0.15) is 0 Å². The number of anilines is 1. The number of benzene rings is 1. The van der Waals surface area contributed by atoms with E-state index in [9.17, 15) is 4.79 Å². The monoisotopic (exact) mass is 239 g/mol. The summed E-state index contributed by atoms with van der Waals surface area (Å²) in [6.45, 7) is 0. The molecule has 0 saturated heterocycles. The van der Waals surface area contributed by atoms with Crippen LogP contribution >= 0.6 is 0 Å². The maximum atomic E-state index is 12.3. The van der Waals surface area contributed by atoms with Crippen LogP contribution in [0.3, 0.4) is 0 Å². The molecule has 1 amide bonds. The van der Waals surface area contributed by atoms with Gasteiger partial charge in [0.2, 0.25) is 0 Å². The molecule has 0 bridgehead atoms. The van der Waals surface area contributed by atoms with Crippen molar-refractivity contribution in [2.24, 2.45) is 0 Å². The molecule has 1 aromatic heterocycles. The van der Waals surface area contributed by atoms with Gasteiger partial charge in [0.15, 0.2) is 0 Å². The highest BCUT2D eigenvalue weighted by Crippen LogP contribution is 2.31. The number of pyridine rings is 1. The third-order valence-electron chi connectivity index (χ3n) is 3.16. The third-order valence-corrected chi connectivity index (χ3v) is 3.16. The van der Waals surface area contributed by atoms with E-state index in [1.54, 1.807) is 24.3 Å². The number of nitrogens with one attached hydrogen (secondary N) is 1. The number of carbonyl (C=O) groups is 1. The predicted molar refractivity (Wildman–Crippen MR) is 69.1 cm³/mol. The number of aromatic nitrogens is 1. The Kier molecular flexibility index (Phi) is 2.48. The molecule has 1 aliphatic rings. The van der Waals surface area contributed by atoms with Gasteiger partial charge < -0.3 is 10.2 Å². The van der Waals surface area contributed by atoms with Gasteiger partial charge in [-0.1, -0.05) is 18.2 Å². The first kappa shape index (κ1) is 10.8. The lowest BCUT2D eigenvalue weighted by atomic mass is 10.1. The second-order valence-electron chi connectivity index (χ2n) is 4.29. The second-order valence-corrected chi connectivity index (χ2v) is 4.29. The summed E-state index contributed by atoms with van der Waals surface area (Å²) in [6, 6.07) is 11.4. The molecule has 90 valence electrons. The number of nitrogens with zero attached hydrogens (tertiary/aromatic N) is 2. The van der Waals surface area contributed by atoms with Crippen molar-refractivity contribution in [3.8, 4) is 0 Å². The van der Waals surface area contributed by atoms with E-state index in [1.165, 1.54) is 0 Å². The van der Waals surface area contributed by atoms with E-state index in [0.29, 0.717) is 5.56 Å². The fourth-order valence-electron chi connectivity index (χ4n) is 2.19. The Morgan fingerprint density at radius 1 is 1.22 bits per heavy atom. The van der Waals surface area contributed by atoms with E-state index in [4.69, 9.17) is 0 Å². The van der Waals surface area contributed by atoms with Crippen LogP contribution in [0.25, 0.3) is 0 Å². The maximum absolute atomic E-state index is 12.3. The van der Waals surface area contributed by atoms with Crippen molar-refractivity contribution in [3.05, 3.63) is 59.9 Å². The van der Waals surface area contributed by atoms with Gasteiger partial charge >= 0.3 is 0 Å². The molecule has 0 spiro atoms. The molecular weight excluding hydrogens is 226 g/mol. The first-order valence-electron chi connectivity index (χ1n) is 5.80. The zero-order valence-electron chi connectivity index (χ0n) is 10.00. The van der Waals surface area contributed by atoms with Gasteiger partial charge in [-0.15, -0.1) is 0 Å². The van der Waals surface area contributed by atoms with Gasteiger partial charge in [-0.3, -0.25) is 9.78 Å². The Balaban J connectivity index is 2.04. The number of amides is 1. The van der Waals surface area contributed by atoms with Crippen LogP contribution in [0.15, 0.2) is 48.8 Å². The number of fused-ring (bicyclic) bond motifs is 1. The molecule has 18 heavy (non-hydrogen) atoms. The van der Waals surface area contributed by atoms with E-state index in [-0.39, 0.29) is 12.1 Å². The minimum absolute atomic E-state index is 0.0261. The van der Waals surface area contributed by atoms with Crippen LogP contribution < -0.4 is 5.32 Å². The zero-order chi connectivity index (χ0) is 12.5. The molecule has 1 aliphatic heterocycles. The van der Waals surface area contributed by atoms with E-state index >= 15 is 0 Å². The Bertz CT molecular complexity index is 583. The fraction of sp³-hybridized carbons (Fsp3) is 0.143. The zero-order valence-corrected chi connectivity index (χ0v) is 10.00. The molecule has 1 aromatic carbocycles. The summed E-state index contributed by atoms with van der Waals surface area (Å²) < 4.78 is 0. The Morgan fingerprint density at radius 3 is 2.83 bits per heavy atom. The highest BCUT2D eigenvalue weighted by molar-refractivity contribution is 6.01. The van der Waals surface area contributed by atoms with Gasteiger partial charge in [0.1, 0.15) is 6.17 Å². The molecule has 0 saturated carbocycles. The highest BCUT2D eigenvalue weighted by Gasteiger charge is 2.29. The summed E-state index contributed by atoms with van der Waals surface area (Å²) in [7, 11) is 1.79. The molecule has 0 radical (unpaired) electrons. The standard InChI is InChI=1S/C14H13N3O/c1-17-13(10-5-4-8-15-9-10)16-12-7-3-2-6-11(12)14(17)18/h2-9,13,16H,1H3. The molecule has 2 aromatic rings. The highest BCUT2D eigenvalue weighted by atomic mass is 16.2. The lowest BCUT2D eigenvalue weighted by Crippen LogP contribution is -2.40. The van der Waals surface area contributed by atoms with Crippen LogP contribution in [0.2, 0.25) is 0 Å². The van der Waals surface area contributed by atoms with Crippen LogP contribution in [0.5, 0.6) is 0 Å². The second kappa shape index (κ2) is 4.14. The van der Waals surface area contributed by atoms with Crippen molar-refractivity contribution in [1.29, 1.82) is 0 Å². The topological polar surface area (TPSA) is 45.2 Å². The quantitative estimate of drug-likeness (QED) is 0.830. The SMILES string of the molecule is CN1C(=O)c2ccccc2NC1c1cccnc1. The fourth-order valence-corrected chi connectivity index (χ4v) is 2.19. The van der Waals surface area contributed by atoms with Gasteiger partial charge in [0, 0.05) is 30.7 Å². The van der Waals surface area contributed by atoms with Gasteiger partial charge in [0.05, 0.1) is 5.56 Å². The van der Waals surface area contributed by atoms with Crippen molar-refractivity contribution in [3.63, 3.8) is 0 Å². The number of hydrogen-bond donors (Lipinski definition) is 1. The number of para-hydroxylation sites is 1. The van der Waals surface area contributed by atoms with Crippen LogP contribution in [0.1, 0.15) is 22.1 Å². The Labute approximate surface area is 105 Å². The van der Waals surface area contributed by atoms with Crippen molar-refractivity contribution in [2.75, 3.05) is 12.4 Å². The summed E-state index contributed by atoms with van der Waals surface area (Å²) in [5.74, 6) is 0.0261. The van der Waals surface area contributed by atoms with Gasteiger partial charge in [-0.25, -0.2) is 0 Å². The number of carbonyl (C=O) groups excluding carboxylic acids is 1. The van der Waals surface area contributed by atoms with Gasteiger partial charge in [0.25, 0.3) is 5.91 Å². The first-order chi connectivity index (χ1) is 8.77. The van der Waals surface area contributed by atoms with Crippen LogP contribution in [0.4, 0.5) is 5.69 Å². The lowest BCUT2D eigenvalue weighted by Gasteiger charge is -2.35. The first-order valence-corrected chi connectivity index (χ1v) is 5.80. The average molecular weight is 239 g/mol. The van der Waals surface area contributed by atoms with Crippen LogP contribution in [0, 0.1) is 0 Å². The van der Waals surface area contributed by atoms with Crippen molar-refractivity contribution in [2.45, 2.75) is 6.17 Å². The van der Waals surface area contributed by atoms with E-state index in [1.807, 2.05) is 36.4 Å². The maximum Gasteiger partial charge on any atom is 0.257 e. The minimum Gasteiger partial charge on any atom is -0.361 e. The molecule has 1 N–H and O–H groups in total. The summed E-state index contributed by atoms with van der Waals surface area (Å²) in [5, 5.41) is 3.36. The molecule has 4 heteroatoms. The Hall–Kier alpha value is -2.36. The minimum atomic E-state index is -0.166. The summed E-state index contributed by atoms with van der Waals surface area (Å²) in [6.07, 6.45) is 3.33. The largest absolute Gasteiger partial charge is 0.361 e. The van der Waals surface area contributed by atoms with E-state index < -0.39 is 0 Å². The summed E-state index contributed by atoms with van der Waals surface area (Å²) in [4.78, 5) is 18.1. The summed E-state index contributed by atoms with van der Waals surface area (Å²) in [5.41, 5.74) is 2.55. The predicted octanol–water partition coefficient (Wildman–Crippen LogP) is 2.28. The molecule has 2 heterocycles. The van der Waals surface area contributed by atoms with Crippen molar-refractivity contribution in [1.82, 2.24) is 9.88 Å². The molecular formula is C14H13N3O. The smallest absolute Gasteiger partial charge is 0.257 e. The Morgan fingerprint density at radius 2 is 2.06 bits per heavy atom. The molecule has 0 aliphatic carbocycles. The van der Waals surface area contributed by atoms with Gasteiger partial charge in [-0.05, 0) is 18.2 Å². The van der Waals surface area contributed by atoms with Crippen molar-refractivity contribution >= 4 is 11.6 Å². The summed E-state index contributed by atoms with van der Waals surface area (Å²) >= 11 is 0. The molecule has 3 rings (SSSR count). The lowest BCUT2D eigenvalue weighted by molar-refractivity contribution is 0.0735. The number of hydrogen-bond acceptors (Lipinski definition) is 3. The van der Waals surface area contributed by atoms with E-state index in [0.717, 1.165) is 11.3 Å².